The minimum absolute atomic E-state index is 0. The molecule has 0 saturated carbocycles. The van der Waals surface area contributed by atoms with Gasteiger partial charge in [0.15, 0.2) is 0 Å². The van der Waals surface area contributed by atoms with Gasteiger partial charge in [0.2, 0.25) is 0 Å². The third-order valence-corrected chi connectivity index (χ3v) is 8.92. The van der Waals surface area contributed by atoms with Crippen LogP contribution < -0.4 is 24.8 Å². The van der Waals surface area contributed by atoms with E-state index >= 15 is 0 Å². The Hall–Kier alpha value is -0.787. The summed E-state index contributed by atoms with van der Waals surface area (Å²) in [7, 11) is 0. The van der Waals surface area contributed by atoms with Crippen molar-refractivity contribution in [3.8, 4) is 0 Å². The van der Waals surface area contributed by atoms with Crippen LogP contribution in [0.5, 0.6) is 0 Å². The van der Waals surface area contributed by atoms with Crippen molar-refractivity contribution in [2.24, 2.45) is 0 Å². The molecule has 2 aromatic carbocycles. The smallest absolute Gasteiger partial charge is 1.00 e. The Morgan fingerprint density at radius 1 is 1.08 bits per heavy atom. The Morgan fingerprint density at radius 2 is 1.81 bits per heavy atom. The number of aliphatic hydroxyl groups excluding tert-OH is 1. The van der Waals surface area contributed by atoms with Crippen molar-refractivity contribution in [2.75, 3.05) is 6.61 Å². The van der Waals surface area contributed by atoms with Crippen molar-refractivity contribution in [3.05, 3.63) is 82.9 Å². The number of fused-ring (bicyclic) bond motifs is 2. The maximum Gasteiger partial charge on any atom is -1.00 e. The van der Waals surface area contributed by atoms with Crippen LogP contribution in [-0.2, 0) is 25.9 Å². The van der Waals surface area contributed by atoms with Crippen LogP contribution in [0.15, 0.2) is 60.7 Å². The first-order valence-electron chi connectivity index (χ1n) is 8.55. The fourth-order valence-corrected chi connectivity index (χ4v) is 7.80. The van der Waals surface area contributed by atoms with Gasteiger partial charge in [-0.1, -0.05) is 0 Å². The Labute approximate surface area is 179 Å². The molecular formula is C22H21Cl2OZr. The molecule has 0 spiro atoms. The number of allylic oxidation sites excluding steroid dienone is 2. The molecule has 1 nitrogen and oxygen atoms in total. The van der Waals surface area contributed by atoms with Crippen LogP contribution in [0.1, 0.15) is 41.5 Å². The van der Waals surface area contributed by atoms with E-state index in [1.165, 1.54) is 27.8 Å². The zero-order valence-corrected chi connectivity index (χ0v) is 18.6. The molecule has 0 radical (unpaired) electrons. The van der Waals surface area contributed by atoms with E-state index < -0.39 is 22.8 Å². The fourth-order valence-electron chi connectivity index (χ4n) is 4.21. The molecule has 0 saturated heterocycles. The third kappa shape index (κ3) is 3.38. The van der Waals surface area contributed by atoms with Crippen LogP contribution in [0.4, 0.5) is 0 Å². The SMILES string of the molecule is C[CH]=[Zr+2][C]1(C2C=C(CCO)c3ccccc32)C=Cc2ccccc21.[Cl-].[Cl-]. The quantitative estimate of drug-likeness (QED) is 0.579. The van der Waals surface area contributed by atoms with Crippen LogP contribution in [0.25, 0.3) is 11.6 Å². The maximum atomic E-state index is 9.48. The van der Waals surface area contributed by atoms with Gasteiger partial charge in [0, 0.05) is 0 Å². The van der Waals surface area contributed by atoms with Crippen molar-refractivity contribution in [1.29, 1.82) is 0 Å². The van der Waals surface area contributed by atoms with Crippen LogP contribution in [0.2, 0.25) is 0 Å². The average molecular weight is 464 g/mol. The minimum Gasteiger partial charge on any atom is -1.00 e. The molecular weight excluding hydrogens is 442 g/mol. The molecule has 0 bridgehead atoms. The van der Waals surface area contributed by atoms with Gasteiger partial charge in [-0.2, -0.15) is 0 Å². The number of rotatable bonds is 4. The standard InChI is InChI=1S/C20H17O.C2H4.2ClH.Zr/c21-12-11-15-13-20(18-8-4-3-7-17(15)18)19-10-9-14-5-1-2-6-16(14)19;1-2;;;/h1-10,13,20-21H,11-12H2;1H,2H3;2*1H;/q;;;;+2/p-2. The number of aliphatic hydroxyl groups is 1. The minimum atomic E-state index is -0.768. The summed E-state index contributed by atoms with van der Waals surface area (Å²) < 4.78 is 2.61. The summed E-state index contributed by atoms with van der Waals surface area (Å²) in [5.74, 6) is 0.401. The number of hydrogen-bond donors (Lipinski definition) is 1. The van der Waals surface area contributed by atoms with Gasteiger partial charge in [-0.3, -0.25) is 0 Å². The maximum absolute atomic E-state index is 9.48. The average Bonchev–Trinajstić information content (AvgIpc) is 3.16. The molecule has 133 valence electrons. The Bertz CT molecular complexity index is 872. The predicted molar refractivity (Wildman–Crippen MR) is 97.8 cm³/mol. The molecule has 2 unspecified atom stereocenters. The molecule has 0 heterocycles. The van der Waals surface area contributed by atoms with E-state index in [-0.39, 0.29) is 34.5 Å². The summed E-state index contributed by atoms with van der Waals surface area (Å²) >= 11 is -0.768. The number of benzene rings is 2. The van der Waals surface area contributed by atoms with Gasteiger partial charge in [-0.15, -0.1) is 0 Å². The van der Waals surface area contributed by atoms with Gasteiger partial charge >= 0.3 is 155 Å². The normalized spacial score (nSPS) is 22.1. The monoisotopic (exact) mass is 461 g/mol. The molecule has 0 aromatic heterocycles. The molecule has 2 aliphatic rings. The number of halogens is 2. The molecule has 0 fully saturated rings. The van der Waals surface area contributed by atoms with E-state index in [1.807, 2.05) is 0 Å². The summed E-state index contributed by atoms with van der Waals surface area (Å²) in [5.41, 5.74) is 6.96. The molecule has 0 aliphatic heterocycles. The van der Waals surface area contributed by atoms with E-state index in [4.69, 9.17) is 0 Å². The van der Waals surface area contributed by atoms with Gasteiger partial charge in [0.1, 0.15) is 0 Å². The molecule has 2 aliphatic carbocycles. The summed E-state index contributed by atoms with van der Waals surface area (Å²) in [6.45, 7) is 2.44. The van der Waals surface area contributed by atoms with E-state index in [9.17, 15) is 5.11 Å². The van der Waals surface area contributed by atoms with E-state index in [0.29, 0.717) is 5.92 Å². The van der Waals surface area contributed by atoms with Crippen LogP contribution in [-0.4, -0.2) is 15.4 Å². The van der Waals surface area contributed by atoms with Crippen molar-refractivity contribution >= 4 is 15.4 Å². The van der Waals surface area contributed by atoms with Crippen molar-refractivity contribution in [2.45, 2.75) is 22.4 Å². The molecule has 1 N–H and O–H groups in total. The Kier molecular flexibility index (Phi) is 7.39. The fraction of sp³-hybridized carbons (Fsp3) is 0.227. The second-order valence-corrected chi connectivity index (χ2v) is 10.6. The molecule has 4 heteroatoms. The third-order valence-electron chi connectivity index (χ3n) is 5.20. The second-order valence-electron chi connectivity index (χ2n) is 6.45. The van der Waals surface area contributed by atoms with Crippen molar-refractivity contribution in [3.63, 3.8) is 0 Å². The van der Waals surface area contributed by atoms with Gasteiger partial charge in [-0.05, 0) is 0 Å². The zero-order chi connectivity index (χ0) is 16.6. The molecule has 0 amide bonds. The first kappa shape index (κ1) is 21.5. The second kappa shape index (κ2) is 8.93. The summed E-state index contributed by atoms with van der Waals surface area (Å²) in [5, 5.41) is 9.48. The summed E-state index contributed by atoms with van der Waals surface area (Å²) in [6.07, 6.45) is 7.98. The predicted octanol–water partition coefficient (Wildman–Crippen LogP) is -1.62. The summed E-state index contributed by atoms with van der Waals surface area (Å²) in [4.78, 5) is 0. The van der Waals surface area contributed by atoms with Gasteiger partial charge in [-0.25, -0.2) is 0 Å². The van der Waals surface area contributed by atoms with E-state index in [1.54, 1.807) is 0 Å². The Morgan fingerprint density at radius 3 is 2.58 bits per heavy atom. The van der Waals surface area contributed by atoms with E-state index in [0.717, 1.165) is 6.42 Å². The summed E-state index contributed by atoms with van der Waals surface area (Å²) in [6, 6.07) is 17.6. The van der Waals surface area contributed by atoms with Crippen LogP contribution in [0, 0.1) is 0 Å². The van der Waals surface area contributed by atoms with Crippen LogP contribution >= 0.6 is 0 Å². The first-order valence-corrected chi connectivity index (χ1v) is 11.2. The molecule has 4 rings (SSSR count). The van der Waals surface area contributed by atoms with Crippen molar-refractivity contribution in [1.82, 2.24) is 0 Å². The van der Waals surface area contributed by atoms with E-state index in [2.05, 4.69) is 77.4 Å². The molecule has 2 aromatic rings. The Balaban J connectivity index is 0.00000121. The van der Waals surface area contributed by atoms with Gasteiger partial charge < -0.3 is 24.8 Å². The largest absolute Gasteiger partial charge is 1.00 e. The van der Waals surface area contributed by atoms with Crippen LogP contribution in [0.3, 0.4) is 0 Å². The molecule has 26 heavy (non-hydrogen) atoms. The first-order chi connectivity index (χ1) is 11.8. The van der Waals surface area contributed by atoms with Crippen molar-refractivity contribution < 1.29 is 52.7 Å². The van der Waals surface area contributed by atoms with Gasteiger partial charge in [0.05, 0.1) is 0 Å². The zero-order valence-electron chi connectivity index (χ0n) is 14.6. The number of hydrogen-bond acceptors (Lipinski definition) is 1. The topological polar surface area (TPSA) is 20.2 Å². The van der Waals surface area contributed by atoms with Gasteiger partial charge in [0.25, 0.3) is 0 Å². The molecule has 2 atom stereocenters.